The second-order valence-electron chi connectivity index (χ2n) is 4.28. The molecule has 0 aliphatic carbocycles. The number of benzene rings is 1. The molecule has 1 heteroatoms. The first-order valence-electron chi connectivity index (χ1n) is 5.21. The van der Waals surface area contributed by atoms with Crippen molar-refractivity contribution in [1.29, 1.82) is 0 Å². The van der Waals surface area contributed by atoms with Crippen LogP contribution in [0.3, 0.4) is 0 Å². The molecule has 80 valence electrons. The fourth-order valence-electron chi connectivity index (χ4n) is 1.69. The van der Waals surface area contributed by atoms with Gasteiger partial charge in [0.05, 0.1) is 0 Å². The fraction of sp³-hybridized carbons (Fsp3) is 0.357. The number of carbonyl (C=O) groups is 1. The lowest BCUT2D eigenvalue weighted by molar-refractivity contribution is -0.116. The van der Waals surface area contributed by atoms with E-state index in [9.17, 15) is 4.79 Å². The van der Waals surface area contributed by atoms with Crippen LogP contribution in [-0.4, -0.2) is 5.78 Å². The average Bonchev–Trinajstić information content (AvgIpc) is 2.08. The van der Waals surface area contributed by atoms with Crippen LogP contribution in [0.4, 0.5) is 0 Å². The number of rotatable bonds is 4. The molecule has 0 aliphatic rings. The van der Waals surface area contributed by atoms with Gasteiger partial charge in [-0.1, -0.05) is 35.9 Å². The summed E-state index contributed by atoms with van der Waals surface area (Å²) in [6.07, 6.45) is 1.40. The molecule has 1 aromatic rings. The van der Waals surface area contributed by atoms with Crippen molar-refractivity contribution in [3.63, 3.8) is 0 Å². The fourth-order valence-corrected chi connectivity index (χ4v) is 1.69. The minimum atomic E-state index is 0.210. The molecule has 0 atom stereocenters. The molecule has 0 N–H and O–H groups in total. The number of hydrogen-bond donors (Lipinski definition) is 0. The Labute approximate surface area is 91.8 Å². The van der Waals surface area contributed by atoms with E-state index in [1.54, 1.807) is 6.92 Å². The Balaban J connectivity index is 3.02. The Bertz CT molecular complexity index is 388. The molecule has 1 rings (SSSR count). The number of hydrogen-bond acceptors (Lipinski definition) is 1. The third-order valence-corrected chi connectivity index (χ3v) is 2.29. The molecule has 1 aromatic carbocycles. The van der Waals surface area contributed by atoms with Gasteiger partial charge in [-0.15, -0.1) is 0 Å². The molecule has 0 bridgehead atoms. The van der Waals surface area contributed by atoms with E-state index in [-0.39, 0.29) is 5.78 Å². The van der Waals surface area contributed by atoms with Crippen LogP contribution in [0, 0.1) is 6.92 Å². The normalized spacial score (nSPS) is 10.1. The molecule has 0 fully saturated rings. The predicted molar refractivity (Wildman–Crippen MR) is 64.1 cm³/mol. The highest BCUT2D eigenvalue weighted by molar-refractivity contribution is 5.78. The van der Waals surface area contributed by atoms with E-state index in [0.29, 0.717) is 6.42 Å². The van der Waals surface area contributed by atoms with Crippen molar-refractivity contribution in [3.05, 3.63) is 47.0 Å². The van der Waals surface area contributed by atoms with Crippen molar-refractivity contribution in [2.24, 2.45) is 0 Å². The number of allylic oxidation sites excluding steroid dienone is 1. The van der Waals surface area contributed by atoms with Gasteiger partial charge in [-0.25, -0.2) is 0 Å². The molecular formula is C14H18O. The Kier molecular flexibility index (Phi) is 3.84. The summed E-state index contributed by atoms with van der Waals surface area (Å²) >= 11 is 0. The summed E-state index contributed by atoms with van der Waals surface area (Å²) in [5, 5.41) is 0. The summed E-state index contributed by atoms with van der Waals surface area (Å²) in [6, 6.07) is 6.25. The number of ketones is 1. The van der Waals surface area contributed by atoms with Gasteiger partial charge in [0, 0.05) is 6.42 Å². The lowest BCUT2D eigenvalue weighted by Gasteiger charge is -2.09. The molecule has 0 unspecified atom stereocenters. The summed E-state index contributed by atoms with van der Waals surface area (Å²) in [6.45, 7) is 9.63. The van der Waals surface area contributed by atoms with Crippen molar-refractivity contribution < 1.29 is 4.79 Å². The van der Waals surface area contributed by atoms with Crippen LogP contribution in [-0.2, 0) is 17.6 Å². The van der Waals surface area contributed by atoms with Gasteiger partial charge in [-0.3, -0.25) is 4.79 Å². The molecule has 0 aromatic heterocycles. The Hall–Kier alpha value is -1.37. The smallest absolute Gasteiger partial charge is 0.134 e. The predicted octanol–water partition coefficient (Wildman–Crippen LogP) is 3.25. The zero-order valence-corrected chi connectivity index (χ0v) is 9.76. The first kappa shape index (κ1) is 11.7. The van der Waals surface area contributed by atoms with Crippen LogP contribution in [0.15, 0.2) is 30.4 Å². The molecule has 1 nitrogen and oxygen atoms in total. The van der Waals surface area contributed by atoms with E-state index in [1.807, 2.05) is 6.92 Å². The molecular weight excluding hydrogens is 184 g/mol. The summed E-state index contributed by atoms with van der Waals surface area (Å²) < 4.78 is 0. The van der Waals surface area contributed by atoms with Gasteiger partial charge in [0.15, 0.2) is 0 Å². The maximum absolute atomic E-state index is 11.1. The highest BCUT2D eigenvalue weighted by Gasteiger charge is 2.05. The zero-order valence-electron chi connectivity index (χ0n) is 9.76. The molecule has 15 heavy (non-hydrogen) atoms. The van der Waals surface area contributed by atoms with E-state index in [2.05, 4.69) is 31.7 Å². The molecule has 0 amide bonds. The monoisotopic (exact) mass is 202 g/mol. The maximum atomic E-state index is 11.1. The number of aryl methyl sites for hydroxylation is 1. The SMILES string of the molecule is C=C(C)Cc1cc(C)ccc1CC(C)=O. The summed E-state index contributed by atoms with van der Waals surface area (Å²) in [4.78, 5) is 11.1. The summed E-state index contributed by atoms with van der Waals surface area (Å²) in [7, 11) is 0. The van der Waals surface area contributed by atoms with E-state index in [1.165, 1.54) is 11.1 Å². The molecule has 0 heterocycles. The van der Waals surface area contributed by atoms with Crippen LogP contribution in [0.5, 0.6) is 0 Å². The van der Waals surface area contributed by atoms with Crippen LogP contribution in [0.25, 0.3) is 0 Å². The van der Waals surface area contributed by atoms with E-state index < -0.39 is 0 Å². The molecule has 0 spiro atoms. The minimum absolute atomic E-state index is 0.210. The van der Waals surface area contributed by atoms with Gasteiger partial charge in [0.25, 0.3) is 0 Å². The van der Waals surface area contributed by atoms with Gasteiger partial charge in [0.1, 0.15) is 5.78 Å². The van der Waals surface area contributed by atoms with Crippen LogP contribution in [0.1, 0.15) is 30.5 Å². The molecule has 0 saturated carbocycles. The first-order valence-corrected chi connectivity index (χ1v) is 5.21. The lowest BCUT2D eigenvalue weighted by atomic mass is 9.96. The molecule has 0 radical (unpaired) electrons. The van der Waals surface area contributed by atoms with Crippen LogP contribution >= 0.6 is 0 Å². The Morgan fingerprint density at radius 1 is 1.20 bits per heavy atom. The minimum Gasteiger partial charge on any atom is -0.300 e. The second-order valence-corrected chi connectivity index (χ2v) is 4.28. The average molecular weight is 202 g/mol. The topological polar surface area (TPSA) is 17.1 Å². The van der Waals surface area contributed by atoms with Gasteiger partial charge in [0.2, 0.25) is 0 Å². The lowest BCUT2D eigenvalue weighted by Crippen LogP contribution is -2.02. The second kappa shape index (κ2) is 4.92. The summed E-state index contributed by atoms with van der Waals surface area (Å²) in [5.41, 5.74) is 4.73. The third kappa shape index (κ3) is 3.70. The van der Waals surface area contributed by atoms with Crippen molar-refractivity contribution in [2.75, 3.05) is 0 Å². The molecule has 0 saturated heterocycles. The van der Waals surface area contributed by atoms with Crippen LogP contribution in [0.2, 0.25) is 0 Å². The highest BCUT2D eigenvalue weighted by atomic mass is 16.1. The van der Waals surface area contributed by atoms with Crippen molar-refractivity contribution in [2.45, 2.75) is 33.6 Å². The van der Waals surface area contributed by atoms with E-state index in [4.69, 9.17) is 0 Å². The van der Waals surface area contributed by atoms with E-state index >= 15 is 0 Å². The quantitative estimate of drug-likeness (QED) is 0.685. The standard InChI is InChI=1S/C14H18O/c1-10(2)7-14-8-11(3)5-6-13(14)9-12(4)15/h5-6,8H,1,7,9H2,2-4H3. The van der Waals surface area contributed by atoms with E-state index in [0.717, 1.165) is 17.6 Å². The zero-order chi connectivity index (χ0) is 11.4. The van der Waals surface area contributed by atoms with Gasteiger partial charge >= 0.3 is 0 Å². The summed E-state index contributed by atoms with van der Waals surface area (Å²) in [5.74, 6) is 0.210. The third-order valence-electron chi connectivity index (χ3n) is 2.29. The van der Waals surface area contributed by atoms with Crippen molar-refractivity contribution in [3.8, 4) is 0 Å². The van der Waals surface area contributed by atoms with Crippen LogP contribution < -0.4 is 0 Å². The molecule has 0 aliphatic heterocycles. The van der Waals surface area contributed by atoms with Gasteiger partial charge in [-0.05, 0) is 38.3 Å². The largest absolute Gasteiger partial charge is 0.300 e. The Morgan fingerprint density at radius 3 is 2.40 bits per heavy atom. The van der Waals surface area contributed by atoms with Gasteiger partial charge in [-0.2, -0.15) is 0 Å². The van der Waals surface area contributed by atoms with Crippen molar-refractivity contribution in [1.82, 2.24) is 0 Å². The highest BCUT2D eigenvalue weighted by Crippen LogP contribution is 2.16. The van der Waals surface area contributed by atoms with Gasteiger partial charge < -0.3 is 0 Å². The van der Waals surface area contributed by atoms with Crippen molar-refractivity contribution >= 4 is 5.78 Å². The Morgan fingerprint density at radius 2 is 1.87 bits per heavy atom. The number of Topliss-reactive ketones (excluding diaryl/α,β-unsaturated/α-hetero) is 1. The maximum Gasteiger partial charge on any atom is 0.134 e. The first-order chi connectivity index (χ1) is 6.99. The number of carbonyl (C=O) groups excluding carboxylic acids is 1.